The van der Waals surface area contributed by atoms with Gasteiger partial charge in [-0.3, -0.25) is 0 Å². The highest BCUT2D eigenvalue weighted by Crippen LogP contribution is 1.99. The molecule has 0 fully saturated rings. The third kappa shape index (κ3) is 2.10. The van der Waals surface area contributed by atoms with Crippen molar-refractivity contribution in [3.05, 3.63) is 17.5 Å². The molecule has 1 rings (SSSR count). The van der Waals surface area contributed by atoms with E-state index in [4.69, 9.17) is 4.74 Å². The molecule has 0 unspecified atom stereocenters. The van der Waals surface area contributed by atoms with E-state index < -0.39 is 0 Å². The monoisotopic (exact) mass is 183 g/mol. The number of rotatable bonds is 4. The predicted octanol–water partition coefficient (Wildman–Crippen LogP) is 1.06. The molecule has 0 bridgehead atoms. The molecule has 13 heavy (non-hydrogen) atoms. The Morgan fingerprint density at radius 3 is 2.69 bits per heavy atom. The minimum atomic E-state index is 0.773. The van der Waals surface area contributed by atoms with Crippen LogP contribution >= 0.6 is 0 Å². The van der Waals surface area contributed by atoms with E-state index in [0.717, 1.165) is 19.7 Å². The summed E-state index contributed by atoms with van der Waals surface area (Å²) in [4.78, 5) is 0. The third-order valence-electron chi connectivity index (χ3n) is 2.33. The largest absolute Gasteiger partial charge is 0.378 e. The van der Waals surface area contributed by atoms with Crippen LogP contribution in [0.15, 0.2) is 6.07 Å². The molecule has 74 valence electrons. The molecular weight excluding hydrogens is 164 g/mol. The number of aromatic nitrogens is 2. The summed E-state index contributed by atoms with van der Waals surface area (Å²) >= 11 is 0. The Balaban J connectivity index is 2.89. The van der Waals surface area contributed by atoms with E-state index >= 15 is 0 Å². The summed E-state index contributed by atoms with van der Waals surface area (Å²) in [5, 5.41) is 0. The number of hydrogen-bond acceptors (Lipinski definition) is 1. The number of aryl methyl sites for hydroxylation is 2. The molecule has 0 aliphatic heterocycles. The van der Waals surface area contributed by atoms with Crippen LogP contribution in [0.1, 0.15) is 18.3 Å². The Morgan fingerprint density at radius 2 is 2.15 bits per heavy atom. The summed E-state index contributed by atoms with van der Waals surface area (Å²) < 4.78 is 9.61. The topological polar surface area (TPSA) is 18.0 Å². The van der Waals surface area contributed by atoms with Gasteiger partial charge in [0.25, 0.3) is 0 Å². The van der Waals surface area contributed by atoms with Gasteiger partial charge in [0.1, 0.15) is 6.61 Å². The average molecular weight is 183 g/mol. The number of hydrogen-bond donors (Lipinski definition) is 0. The van der Waals surface area contributed by atoms with Gasteiger partial charge in [-0.1, -0.05) is 0 Å². The molecule has 1 heterocycles. The van der Waals surface area contributed by atoms with Crippen molar-refractivity contribution >= 4 is 0 Å². The molecule has 0 spiro atoms. The zero-order valence-electron chi connectivity index (χ0n) is 9.00. The quantitative estimate of drug-likeness (QED) is 0.638. The van der Waals surface area contributed by atoms with Crippen molar-refractivity contribution in [3.8, 4) is 0 Å². The van der Waals surface area contributed by atoms with Gasteiger partial charge in [0.2, 0.25) is 5.69 Å². The molecule has 0 amide bonds. The van der Waals surface area contributed by atoms with Crippen LogP contribution < -0.4 is 4.68 Å². The molecule has 0 aliphatic carbocycles. The lowest BCUT2D eigenvalue weighted by Gasteiger charge is -2.02. The van der Waals surface area contributed by atoms with E-state index in [-0.39, 0.29) is 0 Å². The van der Waals surface area contributed by atoms with E-state index in [1.807, 2.05) is 0 Å². The van der Waals surface area contributed by atoms with Gasteiger partial charge in [-0.15, -0.1) is 4.68 Å². The van der Waals surface area contributed by atoms with Crippen molar-refractivity contribution < 1.29 is 9.42 Å². The van der Waals surface area contributed by atoms with Crippen molar-refractivity contribution in [1.29, 1.82) is 0 Å². The lowest BCUT2D eigenvalue weighted by atomic mass is 10.4. The fourth-order valence-corrected chi connectivity index (χ4v) is 1.73. The lowest BCUT2D eigenvalue weighted by molar-refractivity contribution is -0.781. The first kappa shape index (κ1) is 10.3. The first-order valence-corrected chi connectivity index (χ1v) is 4.76. The molecule has 0 aliphatic rings. The van der Waals surface area contributed by atoms with E-state index in [1.165, 1.54) is 11.4 Å². The van der Waals surface area contributed by atoms with E-state index in [9.17, 15) is 0 Å². The molecule has 0 saturated heterocycles. The highest BCUT2D eigenvalue weighted by atomic mass is 16.5. The van der Waals surface area contributed by atoms with Crippen LogP contribution in [0.3, 0.4) is 0 Å². The molecule has 0 atom stereocenters. The van der Waals surface area contributed by atoms with Crippen molar-refractivity contribution in [2.45, 2.75) is 33.9 Å². The van der Waals surface area contributed by atoms with Crippen LogP contribution in [0.4, 0.5) is 0 Å². The zero-order valence-corrected chi connectivity index (χ0v) is 9.00. The van der Waals surface area contributed by atoms with Crippen LogP contribution in [-0.2, 0) is 17.8 Å². The predicted molar refractivity (Wildman–Crippen MR) is 51.7 cm³/mol. The van der Waals surface area contributed by atoms with Gasteiger partial charge in [-0.2, -0.15) is 4.68 Å². The summed E-state index contributed by atoms with van der Waals surface area (Å²) in [5.41, 5.74) is 2.62. The van der Waals surface area contributed by atoms with Crippen LogP contribution in [0.25, 0.3) is 0 Å². The maximum Gasteiger partial charge on any atom is 0.205 e. The fourth-order valence-electron chi connectivity index (χ4n) is 1.73. The summed E-state index contributed by atoms with van der Waals surface area (Å²) in [6, 6.07) is 2.21. The Kier molecular flexibility index (Phi) is 3.48. The average Bonchev–Trinajstić information content (AvgIpc) is 2.37. The Morgan fingerprint density at radius 1 is 1.46 bits per heavy atom. The summed E-state index contributed by atoms with van der Waals surface area (Å²) in [7, 11) is 1.74. The third-order valence-corrected chi connectivity index (χ3v) is 2.33. The van der Waals surface area contributed by atoms with E-state index in [0.29, 0.717) is 0 Å². The van der Waals surface area contributed by atoms with Crippen LogP contribution in [0.5, 0.6) is 0 Å². The fraction of sp³-hybridized carbons (Fsp3) is 0.700. The lowest BCUT2D eigenvalue weighted by Crippen LogP contribution is -2.46. The summed E-state index contributed by atoms with van der Waals surface area (Å²) in [6.07, 6.45) is 0. The van der Waals surface area contributed by atoms with Gasteiger partial charge in [0.15, 0.2) is 6.54 Å². The molecule has 0 radical (unpaired) electrons. The van der Waals surface area contributed by atoms with Crippen LogP contribution in [-0.4, -0.2) is 18.4 Å². The minimum absolute atomic E-state index is 0.773. The second kappa shape index (κ2) is 4.42. The Labute approximate surface area is 79.9 Å². The summed E-state index contributed by atoms with van der Waals surface area (Å²) in [6.45, 7) is 9.16. The highest BCUT2D eigenvalue weighted by Gasteiger charge is 2.14. The molecule has 1 aromatic rings. The molecular formula is C10H19N2O+. The van der Waals surface area contributed by atoms with Gasteiger partial charge >= 0.3 is 0 Å². The smallest absolute Gasteiger partial charge is 0.205 e. The number of nitrogens with zero attached hydrogens (tertiary/aromatic N) is 2. The van der Waals surface area contributed by atoms with Crippen LogP contribution in [0.2, 0.25) is 0 Å². The molecule has 0 N–H and O–H groups in total. The van der Waals surface area contributed by atoms with Gasteiger partial charge in [0, 0.05) is 20.1 Å². The minimum Gasteiger partial charge on any atom is -0.378 e. The zero-order chi connectivity index (χ0) is 9.84. The molecule has 3 heteroatoms. The Hall–Kier alpha value is -0.830. The molecule has 1 aromatic heterocycles. The van der Waals surface area contributed by atoms with Gasteiger partial charge in [0.05, 0.1) is 12.2 Å². The molecule has 0 saturated carbocycles. The standard InChI is InChI=1S/C10H19N2O/c1-5-11-9(2)8-10(3)12(11)6-7-13-4/h8H,5-7H2,1-4H3/q+1. The number of ether oxygens (including phenoxy) is 1. The first-order chi connectivity index (χ1) is 6.20. The van der Waals surface area contributed by atoms with Gasteiger partial charge in [-0.25, -0.2) is 0 Å². The Bertz CT molecular complexity index is 279. The van der Waals surface area contributed by atoms with Gasteiger partial charge < -0.3 is 4.74 Å². The van der Waals surface area contributed by atoms with E-state index in [1.54, 1.807) is 7.11 Å². The second-order valence-electron chi connectivity index (χ2n) is 3.26. The van der Waals surface area contributed by atoms with Crippen molar-refractivity contribution in [2.24, 2.45) is 0 Å². The van der Waals surface area contributed by atoms with E-state index in [2.05, 4.69) is 36.2 Å². The van der Waals surface area contributed by atoms with Crippen molar-refractivity contribution in [3.63, 3.8) is 0 Å². The van der Waals surface area contributed by atoms with Crippen molar-refractivity contribution in [1.82, 2.24) is 4.68 Å². The normalized spacial score (nSPS) is 10.8. The van der Waals surface area contributed by atoms with Crippen LogP contribution in [0, 0.1) is 13.8 Å². The SMILES string of the molecule is CCn1c(C)cc(C)[n+]1CCOC. The summed E-state index contributed by atoms with van der Waals surface area (Å²) in [5.74, 6) is 0. The maximum atomic E-state index is 5.08. The maximum absolute atomic E-state index is 5.08. The highest BCUT2D eigenvalue weighted by molar-refractivity contribution is 5.01. The van der Waals surface area contributed by atoms with Gasteiger partial charge in [-0.05, 0) is 13.8 Å². The van der Waals surface area contributed by atoms with Crippen molar-refractivity contribution in [2.75, 3.05) is 13.7 Å². The first-order valence-electron chi connectivity index (χ1n) is 4.76. The molecule has 3 nitrogen and oxygen atoms in total. The molecule has 0 aromatic carbocycles. The number of methoxy groups -OCH3 is 1. The second-order valence-corrected chi connectivity index (χ2v) is 3.26.